The molecule has 2 fully saturated rings. The van der Waals surface area contributed by atoms with Crippen LogP contribution in [0.2, 0.25) is 0 Å². The van der Waals surface area contributed by atoms with E-state index in [4.69, 9.17) is 0 Å². The van der Waals surface area contributed by atoms with Gasteiger partial charge in [-0.15, -0.1) is 0 Å². The maximum absolute atomic E-state index is 3.91. The molecule has 124 valence electrons. The summed E-state index contributed by atoms with van der Waals surface area (Å²) in [5.74, 6) is 0.779. The second-order valence-corrected chi connectivity index (χ2v) is 8.56. The second kappa shape index (κ2) is 7.46. The fourth-order valence-electron chi connectivity index (χ4n) is 4.65. The van der Waals surface area contributed by atoms with Gasteiger partial charge in [0.25, 0.3) is 0 Å². The van der Waals surface area contributed by atoms with Gasteiger partial charge in [-0.25, -0.2) is 0 Å². The molecule has 0 spiro atoms. The van der Waals surface area contributed by atoms with Gasteiger partial charge >= 0.3 is 0 Å². The summed E-state index contributed by atoms with van der Waals surface area (Å²) in [4.78, 5) is 2.92. The predicted molar refractivity (Wildman–Crippen MR) is 92.7 cm³/mol. The molecule has 1 N–H and O–H groups in total. The lowest BCUT2D eigenvalue weighted by atomic mass is 9.85. The highest BCUT2D eigenvalue weighted by atomic mass is 15.2. The van der Waals surface area contributed by atoms with Crippen molar-refractivity contribution in [1.82, 2.24) is 10.2 Å². The first kappa shape index (κ1) is 17.3. The molecule has 0 heterocycles. The minimum Gasteiger partial charge on any atom is -0.312 e. The van der Waals surface area contributed by atoms with Gasteiger partial charge in [-0.2, -0.15) is 0 Å². The first-order valence-corrected chi connectivity index (χ1v) is 9.45. The van der Waals surface area contributed by atoms with Crippen LogP contribution in [0.3, 0.4) is 0 Å². The molecule has 0 bridgehead atoms. The first-order valence-electron chi connectivity index (χ1n) is 9.45. The van der Waals surface area contributed by atoms with E-state index in [1.807, 2.05) is 0 Å². The van der Waals surface area contributed by atoms with Crippen molar-refractivity contribution in [3.8, 4) is 0 Å². The second-order valence-electron chi connectivity index (χ2n) is 8.56. The van der Waals surface area contributed by atoms with E-state index in [0.29, 0.717) is 11.5 Å². The van der Waals surface area contributed by atoms with E-state index >= 15 is 0 Å². The van der Waals surface area contributed by atoms with E-state index in [-0.39, 0.29) is 0 Å². The zero-order valence-electron chi connectivity index (χ0n) is 15.1. The quantitative estimate of drug-likeness (QED) is 0.746. The zero-order chi connectivity index (χ0) is 15.5. The van der Waals surface area contributed by atoms with Gasteiger partial charge in [0.2, 0.25) is 0 Å². The Morgan fingerprint density at radius 1 is 1.14 bits per heavy atom. The van der Waals surface area contributed by atoms with Crippen LogP contribution in [-0.2, 0) is 0 Å². The van der Waals surface area contributed by atoms with Crippen molar-refractivity contribution in [2.45, 2.75) is 97.7 Å². The summed E-state index contributed by atoms with van der Waals surface area (Å²) < 4.78 is 0. The fourth-order valence-corrected chi connectivity index (χ4v) is 4.65. The Morgan fingerprint density at radius 3 is 2.38 bits per heavy atom. The number of hydrogen-bond acceptors (Lipinski definition) is 2. The molecule has 0 saturated heterocycles. The highest BCUT2D eigenvalue weighted by Gasteiger charge is 2.45. The van der Waals surface area contributed by atoms with Crippen LogP contribution in [0, 0.1) is 11.3 Å². The van der Waals surface area contributed by atoms with Crippen molar-refractivity contribution < 1.29 is 0 Å². The standard InChI is InChI=1S/C19H38N2/c1-6-13-20-18-17(11-12-19(18,4)5)21(14-15(2)3)16-9-7-8-10-16/h15-18,20H,6-14H2,1-5H3. The first-order chi connectivity index (χ1) is 9.95. The molecule has 0 aromatic rings. The van der Waals surface area contributed by atoms with E-state index < -0.39 is 0 Å². The van der Waals surface area contributed by atoms with Crippen LogP contribution in [0.4, 0.5) is 0 Å². The van der Waals surface area contributed by atoms with E-state index in [0.717, 1.165) is 18.0 Å². The molecule has 2 rings (SSSR count). The average Bonchev–Trinajstić information content (AvgIpc) is 3.02. The lowest BCUT2D eigenvalue weighted by molar-refractivity contribution is 0.0875. The van der Waals surface area contributed by atoms with E-state index in [2.05, 4.69) is 44.8 Å². The lowest BCUT2D eigenvalue weighted by Gasteiger charge is -2.42. The molecule has 2 heteroatoms. The highest BCUT2D eigenvalue weighted by Crippen LogP contribution is 2.42. The molecular weight excluding hydrogens is 256 g/mol. The minimum absolute atomic E-state index is 0.452. The molecule has 0 amide bonds. The van der Waals surface area contributed by atoms with Crippen LogP contribution in [-0.4, -0.2) is 36.1 Å². The Hall–Kier alpha value is -0.0800. The van der Waals surface area contributed by atoms with E-state index in [1.165, 1.54) is 58.0 Å². The number of nitrogens with one attached hydrogen (secondary N) is 1. The summed E-state index contributed by atoms with van der Waals surface area (Å²) in [7, 11) is 0. The van der Waals surface area contributed by atoms with Gasteiger partial charge in [0, 0.05) is 24.7 Å². The third-order valence-electron chi connectivity index (χ3n) is 5.72. The number of rotatable bonds is 7. The lowest BCUT2D eigenvalue weighted by Crippen LogP contribution is -2.55. The molecule has 21 heavy (non-hydrogen) atoms. The van der Waals surface area contributed by atoms with E-state index in [9.17, 15) is 0 Å². The van der Waals surface area contributed by atoms with Crippen molar-refractivity contribution in [2.75, 3.05) is 13.1 Å². The number of hydrogen-bond donors (Lipinski definition) is 1. The minimum atomic E-state index is 0.452. The van der Waals surface area contributed by atoms with Crippen LogP contribution >= 0.6 is 0 Å². The molecule has 2 nitrogen and oxygen atoms in total. The Balaban J connectivity index is 2.12. The summed E-state index contributed by atoms with van der Waals surface area (Å²) >= 11 is 0. The van der Waals surface area contributed by atoms with E-state index in [1.54, 1.807) is 0 Å². The molecule has 0 radical (unpaired) electrons. The van der Waals surface area contributed by atoms with Gasteiger partial charge in [0.15, 0.2) is 0 Å². The zero-order valence-corrected chi connectivity index (χ0v) is 15.1. The van der Waals surface area contributed by atoms with Crippen molar-refractivity contribution in [3.63, 3.8) is 0 Å². The molecule has 2 aliphatic rings. The normalized spacial score (nSPS) is 29.9. The van der Waals surface area contributed by atoms with Gasteiger partial charge in [-0.1, -0.05) is 47.5 Å². The summed E-state index contributed by atoms with van der Waals surface area (Å²) in [5.41, 5.74) is 0.452. The Labute approximate surface area is 133 Å². The SMILES string of the molecule is CCCNC1C(N(CC(C)C)C2CCCC2)CCC1(C)C. The molecular formula is C19H38N2. The maximum atomic E-state index is 3.91. The average molecular weight is 295 g/mol. The van der Waals surface area contributed by atoms with Crippen LogP contribution in [0.15, 0.2) is 0 Å². The Bertz CT molecular complexity index is 305. The van der Waals surface area contributed by atoms with Crippen LogP contribution in [0.5, 0.6) is 0 Å². The Kier molecular flexibility index (Phi) is 6.14. The Morgan fingerprint density at radius 2 is 1.81 bits per heavy atom. The highest BCUT2D eigenvalue weighted by molar-refractivity contribution is 5.02. The predicted octanol–water partition coefficient (Wildman–Crippen LogP) is 4.44. The van der Waals surface area contributed by atoms with Crippen molar-refractivity contribution >= 4 is 0 Å². The van der Waals surface area contributed by atoms with Gasteiger partial charge in [-0.3, -0.25) is 4.90 Å². The maximum Gasteiger partial charge on any atom is 0.0274 e. The summed E-state index contributed by atoms with van der Waals surface area (Å²) in [6.07, 6.45) is 9.77. The molecule has 2 aliphatic carbocycles. The smallest absolute Gasteiger partial charge is 0.0274 e. The van der Waals surface area contributed by atoms with Crippen LogP contribution in [0.1, 0.15) is 79.6 Å². The van der Waals surface area contributed by atoms with Crippen molar-refractivity contribution in [1.29, 1.82) is 0 Å². The summed E-state index contributed by atoms with van der Waals surface area (Å²) in [6, 6.07) is 2.30. The van der Waals surface area contributed by atoms with Crippen molar-refractivity contribution in [2.24, 2.45) is 11.3 Å². The molecule has 0 aromatic carbocycles. The van der Waals surface area contributed by atoms with Crippen LogP contribution < -0.4 is 5.32 Å². The summed E-state index contributed by atoms with van der Waals surface area (Å²) in [5, 5.41) is 3.91. The van der Waals surface area contributed by atoms with Gasteiger partial charge in [-0.05, 0) is 50.0 Å². The monoisotopic (exact) mass is 294 g/mol. The molecule has 0 aromatic heterocycles. The molecule has 2 saturated carbocycles. The molecule has 2 atom stereocenters. The van der Waals surface area contributed by atoms with Crippen LogP contribution in [0.25, 0.3) is 0 Å². The van der Waals surface area contributed by atoms with Gasteiger partial charge in [0.05, 0.1) is 0 Å². The molecule has 2 unspecified atom stereocenters. The van der Waals surface area contributed by atoms with Crippen molar-refractivity contribution in [3.05, 3.63) is 0 Å². The topological polar surface area (TPSA) is 15.3 Å². The summed E-state index contributed by atoms with van der Waals surface area (Å²) in [6.45, 7) is 14.5. The van der Waals surface area contributed by atoms with Gasteiger partial charge in [0.1, 0.15) is 0 Å². The van der Waals surface area contributed by atoms with Gasteiger partial charge < -0.3 is 5.32 Å². The number of nitrogens with zero attached hydrogens (tertiary/aromatic N) is 1. The third kappa shape index (κ3) is 4.22. The third-order valence-corrected chi connectivity index (χ3v) is 5.72. The molecule has 0 aliphatic heterocycles. The fraction of sp³-hybridized carbons (Fsp3) is 1.00. The largest absolute Gasteiger partial charge is 0.312 e.